The summed E-state index contributed by atoms with van der Waals surface area (Å²) in [6, 6.07) is 9.74. The maximum Gasteiger partial charge on any atom is 0.315 e. The van der Waals surface area contributed by atoms with Gasteiger partial charge in [-0.05, 0) is 44.1 Å². The van der Waals surface area contributed by atoms with Crippen molar-refractivity contribution in [3.8, 4) is 0 Å². The summed E-state index contributed by atoms with van der Waals surface area (Å²) in [7, 11) is 0. The van der Waals surface area contributed by atoms with Crippen molar-refractivity contribution >= 4 is 17.9 Å². The lowest BCUT2D eigenvalue weighted by atomic mass is 9.86. The molecule has 1 saturated heterocycles. The minimum Gasteiger partial charge on any atom is -0.481 e. The van der Waals surface area contributed by atoms with Crippen molar-refractivity contribution in [2.75, 3.05) is 13.1 Å². The van der Waals surface area contributed by atoms with Crippen LogP contribution in [-0.4, -0.2) is 53.1 Å². The highest BCUT2D eigenvalue weighted by Crippen LogP contribution is 2.24. The Morgan fingerprint density at radius 1 is 0.964 bits per heavy atom. The third kappa shape index (κ3) is 5.71. The van der Waals surface area contributed by atoms with E-state index in [-0.39, 0.29) is 29.9 Å². The van der Waals surface area contributed by atoms with Gasteiger partial charge in [0.05, 0.1) is 5.92 Å². The normalized spacial score (nSPS) is 24.6. The molecule has 1 heterocycles. The van der Waals surface area contributed by atoms with E-state index in [1.807, 2.05) is 35.2 Å². The van der Waals surface area contributed by atoms with E-state index in [4.69, 9.17) is 5.11 Å². The van der Waals surface area contributed by atoms with Crippen molar-refractivity contribution in [1.29, 1.82) is 0 Å². The molecule has 3 N–H and O–H groups in total. The van der Waals surface area contributed by atoms with Gasteiger partial charge in [0, 0.05) is 31.6 Å². The number of hydrogen-bond donors (Lipinski definition) is 3. The number of aliphatic carboxylic acids is 1. The van der Waals surface area contributed by atoms with Crippen molar-refractivity contribution in [3.63, 3.8) is 0 Å². The molecule has 1 aliphatic carbocycles. The fourth-order valence-electron chi connectivity index (χ4n) is 4.06. The lowest BCUT2D eigenvalue weighted by Gasteiger charge is -2.27. The van der Waals surface area contributed by atoms with Crippen LogP contribution in [0.3, 0.4) is 0 Å². The second-order valence-corrected chi connectivity index (χ2v) is 7.82. The third-order valence-electron chi connectivity index (χ3n) is 5.76. The molecule has 2 aliphatic rings. The first kappa shape index (κ1) is 20.2. The maximum atomic E-state index is 12.4. The number of carbonyl (C=O) groups excluding carboxylic acids is 2. The zero-order valence-electron chi connectivity index (χ0n) is 16.1. The van der Waals surface area contributed by atoms with E-state index in [9.17, 15) is 14.4 Å². The minimum atomic E-state index is -0.745. The van der Waals surface area contributed by atoms with Crippen LogP contribution in [0.5, 0.6) is 0 Å². The van der Waals surface area contributed by atoms with E-state index < -0.39 is 5.97 Å². The molecule has 28 heavy (non-hydrogen) atoms. The Balaban J connectivity index is 1.35. The molecule has 1 unspecified atom stereocenters. The molecular weight excluding hydrogens is 358 g/mol. The second kappa shape index (κ2) is 9.57. The Morgan fingerprint density at radius 3 is 2.32 bits per heavy atom. The summed E-state index contributed by atoms with van der Waals surface area (Å²) in [5, 5.41) is 14.9. The fourth-order valence-corrected chi connectivity index (χ4v) is 4.06. The van der Waals surface area contributed by atoms with Crippen molar-refractivity contribution in [1.82, 2.24) is 15.5 Å². The number of urea groups is 1. The van der Waals surface area contributed by atoms with E-state index in [1.54, 1.807) is 0 Å². The number of amides is 3. The molecule has 0 spiro atoms. The Morgan fingerprint density at radius 2 is 1.64 bits per heavy atom. The SMILES string of the molecule is O=C(NC1CCC(C(=O)O)CC1)NC1CCN(C(=O)CCc2ccccc2)C1. The number of carbonyl (C=O) groups is 3. The van der Waals surface area contributed by atoms with Crippen molar-refractivity contribution in [2.24, 2.45) is 5.92 Å². The van der Waals surface area contributed by atoms with E-state index in [0.717, 1.165) is 18.4 Å². The first-order valence-corrected chi connectivity index (χ1v) is 10.1. The summed E-state index contributed by atoms with van der Waals surface area (Å²) in [5.41, 5.74) is 1.15. The number of carboxylic acids is 1. The molecule has 7 nitrogen and oxygen atoms in total. The summed E-state index contributed by atoms with van der Waals surface area (Å²) >= 11 is 0. The first-order chi connectivity index (χ1) is 13.5. The van der Waals surface area contributed by atoms with Crippen LogP contribution < -0.4 is 10.6 Å². The molecule has 0 bridgehead atoms. The molecule has 0 radical (unpaired) electrons. The Bertz CT molecular complexity index is 686. The van der Waals surface area contributed by atoms with E-state index >= 15 is 0 Å². The fraction of sp³-hybridized carbons (Fsp3) is 0.571. The average Bonchev–Trinajstić information content (AvgIpc) is 3.15. The van der Waals surface area contributed by atoms with Crippen molar-refractivity contribution in [3.05, 3.63) is 35.9 Å². The summed E-state index contributed by atoms with van der Waals surface area (Å²) in [4.78, 5) is 37.4. The minimum absolute atomic E-state index is 0.0283. The molecule has 1 aliphatic heterocycles. The van der Waals surface area contributed by atoms with Gasteiger partial charge in [0.15, 0.2) is 0 Å². The number of nitrogens with zero attached hydrogens (tertiary/aromatic N) is 1. The van der Waals surface area contributed by atoms with Crippen molar-refractivity contribution < 1.29 is 19.5 Å². The predicted molar refractivity (Wildman–Crippen MR) is 105 cm³/mol. The Hall–Kier alpha value is -2.57. The Labute approximate surface area is 165 Å². The highest BCUT2D eigenvalue weighted by molar-refractivity contribution is 5.78. The highest BCUT2D eigenvalue weighted by Gasteiger charge is 2.29. The van der Waals surface area contributed by atoms with E-state index in [1.165, 1.54) is 0 Å². The molecule has 1 saturated carbocycles. The number of likely N-dealkylation sites (tertiary alicyclic amines) is 1. The summed E-state index contributed by atoms with van der Waals surface area (Å²) in [5.74, 6) is -0.905. The standard InChI is InChI=1S/C21H29N3O4/c25-19(11-6-15-4-2-1-3-5-15)24-13-12-18(14-24)23-21(28)22-17-9-7-16(8-10-17)20(26)27/h1-5,16-18H,6-14H2,(H,26,27)(H2,22,23,28). The summed E-state index contributed by atoms with van der Waals surface area (Å²) < 4.78 is 0. The summed E-state index contributed by atoms with van der Waals surface area (Å²) in [6.45, 7) is 1.22. The molecular formula is C21H29N3O4. The van der Waals surface area contributed by atoms with Crippen LogP contribution >= 0.6 is 0 Å². The van der Waals surface area contributed by atoms with Gasteiger partial charge in [-0.2, -0.15) is 0 Å². The topological polar surface area (TPSA) is 98.7 Å². The lowest BCUT2D eigenvalue weighted by Crippen LogP contribution is -2.48. The zero-order valence-corrected chi connectivity index (χ0v) is 16.1. The van der Waals surface area contributed by atoms with Gasteiger partial charge >= 0.3 is 12.0 Å². The van der Waals surface area contributed by atoms with Crippen LogP contribution in [-0.2, 0) is 16.0 Å². The largest absolute Gasteiger partial charge is 0.481 e. The van der Waals surface area contributed by atoms with Gasteiger partial charge in [0.2, 0.25) is 5.91 Å². The Kier molecular flexibility index (Phi) is 6.90. The predicted octanol–water partition coefficient (Wildman–Crippen LogP) is 2.16. The van der Waals surface area contributed by atoms with E-state index in [2.05, 4.69) is 10.6 Å². The summed E-state index contributed by atoms with van der Waals surface area (Å²) in [6.07, 6.45) is 4.57. The van der Waals surface area contributed by atoms with Gasteiger partial charge in [0.25, 0.3) is 0 Å². The monoisotopic (exact) mass is 387 g/mol. The zero-order chi connectivity index (χ0) is 19.9. The van der Waals surface area contributed by atoms with Crippen LogP contribution in [0.1, 0.15) is 44.1 Å². The highest BCUT2D eigenvalue weighted by atomic mass is 16.4. The van der Waals surface area contributed by atoms with Crippen LogP contribution in [0.2, 0.25) is 0 Å². The average molecular weight is 387 g/mol. The molecule has 3 amide bonds. The van der Waals surface area contributed by atoms with Gasteiger partial charge in [0.1, 0.15) is 0 Å². The van der Waals surface area contributed by atoms with Gasteiger partial charge in [-0.1, -0.05) is 30.3 Å². The molecule has 0 aromatic heterocycles. The van der Waals surface area contributed by atoms with Crippen LogP contribution in [0.25, 0.3) is 0 Å². The van der Waals surface area contributed by atoms with Gasteiger partial charge in [-0.3, -0.25) is 9.59 Å². The smallest absolute Gasteiger partial charge is 0.315 e. The van der Waals surface area contributed by atoms with Crippen LogP contribution in [0.15, 0.2) is 30.3 Å². The van der Waals surface area contributed by atoms with Crippen LogP contribution in [0, 0.1) is 5.92 Å². The first-order valence-electron chi connectivity index (χ1n) is 10.1. The number of hydrogen-bond acceptors (Lipinski definition) is 3. The van der Waals surface area contributed by atoms with E-state index in [0.29, 0.717) is 45.2 Å². The van der Waals surface area contributed by atoms with Gasteiger partial charge in [-0.25, -0.2) is 4.79 Å². The molecule has 2 fully saturated rings. The molecule has 1 aromatic rings. The lowest BCUT2D eigenvalue weighted by molar-refractivity contribution is -0.142. The number of benzene rings is 1. The number of carboxylic acid groups (broad SMARTS) is 1. The molecule has 3 rings (SSSR count). The molecule has 1 atom stereocenters. The molecule has 1 aromatic carbocycles. The second-order valence-electron chi connectivity index (χ2n) is 7.82. The number of aryl methyl sites for hydroxylation is 1. The maximum absolute atomic E-state index is 12.4. The molecule has 152 valence electrons. The van der Waals surface area contributed by atoms with Gasteiger partial charge in [-0.15, -0.1) is 0 Å². The molecule has 7 heteroatoms. The van der Waals surface area contributed by atoms with Gasteiger partial charge < -0.3 is 20.6 Å². The van der Waals surface area contributed by atoms with Crippen LogP contribution in [0.4, 0.5) is 4.79 Å². The number of rotatable bonds is 6. The number of nitrogens with one attached hydrogen (secondary N) is 2. The third-order valence-corrected chi connectivity index (χ3v) is 5.76. The quantitative estimate of drug-likeness (QED) is 0.697. The van der Waals surface area contributed by atoms with Crippen molar-refractivity contribution in [2.45, 2.75) is 57.0 Å².